The lowest BCUT2D eigenvalue weighted by Gasteiger charge is -2.05. The van der Waals surface area contributed by atoms with Gasteiger partial charge in [-0.1, -0.05) is 12.2 Å². The van der Waals surface area contributed by atoms with Crippen LogP contribution in [0.5, 0.6) is 0 Å². The minimum absolute atomic E-state index is 0.447. The van der Waals surface area contributed by atoms with E-state index in [1.807, 2.05) is 13.8 Å². The van der Waals surface area contributed by atoms with E-state index in [0.717, 1.165) is 16.7 Å². The Bertz CT molecular complexity index is 274. The summed E-state index contributed by atoms with van der Waals surface area (Å²) in [7, 11) is 0. The Hall–Kier alpha value is -0.960. The molecular formula is C8H10N2S. The largest absolute Gasteiger partial charge is 0.389 e. The van der Waals surface area contributed by atoms with E-state index in [1.165, 1.54) is 0 Å². The molecule has 1 rings (SSSR count). The quantitative estimate of drug-likeness (QED) is 0.640. The number of hydrogen-bond donors (Lipinski definition) is 1. The van der Waals surface area contributed by atoms with Crippen molar-refractivity contribution in [2.75, 3.05) is 0 Å². The second-order valence-corrected chi connectivity index (χ2v) is 2.95. The lowest BCUT2D eigenvalue weighted by Crippen LogP contribution is -2.13. The molecule has 0 unspecified atom stereocenters. The third-order valence-corrected chi connectivity index (χ3v) is 1.78. The van der Waals surface area contributed by atoms with Crippen molar-refractivity contribution in [3.05, 3.63) is 29.1 Å². The average molecular weight is 166 g/mol. The highest BCUT2D eigenvalue weighted by Gasteiger charge is 2.03. The van der Waals surface area contributed by atoms with Crippen molar-refractivity contribution in [3.63, 3.8) is 0 Å². The Balaban J connectivity index is 3.32. The summed E-state index contributed by atoms with van der Waals surface area (Å²) < 4.78 is 0. The molecule has 0 saturated heterocycles. The zero-order valence-electron chi connectivity index (χ0n) is 6.59. The van der Waals surface area contributed by atoms with Crippen molar-refractivity contribution in [2.24, 2.45) is 5.73 Å². The van der Waals surface area contributed by atoms with Gasteiger partial charge in [-0.2, -0.15) is 0 Å². The first-order chi connectivity index (χ1) is 5.13. The Morgan fingerprint density at radius 3 is 2.09 bits per heavy atom. The SMILES string of the molecule is Cc1cncc(C)c1C(N)=S. The van der Waals surface area contributed by atoms with Crippen LogP contribution in [0.4, 0.5) is 0 Å². The summed E-state index contributed by atoms with van der Waals surface area (Å²) >= 11 is 4.89. The van der Waals surface area contributed by atoms with Crippen molar-refractivity contribution in [2.45, 2.75) is 13.8 Å². The Morgan fingerprint density at radius 1 is 1.36 bits per heavy atom. The van der Waals surface area contributed by atoms with Crippen LogP contribution in [-0.2, 0) is 0 Å². The predicted molar refractivity (Wildman–Crippen MR) is 49.6 cm³/mol. The summed E-state index contributed by atoms with van der Waals surface area (Å²) in [5, 5.41) is 0. The molecule has 0 aromatic carbocycles. The minimum Gasteiger partial charge on any atom is -0.389 e. The fourth-order valence-corrected chi connectivity index (χ4v) is 1.41. The van der Waals surface area contributed by atoms with Crippen LogP contribution in [0.25, 0.3) is 0 Å². The van der Waals surface area contributed by atoms with Crippen LogP contribution < -0.4 is 5.73 Å². The normalized spacial score (nSPS) is 9.64. The van der Waals surface area contributed by atoms with E-state index < -0.39 is 0 Å². The van der Waals surface area contributed by atoms with Gasteiger partial charge in [-0.25, -0.2) is 0 Å². The van der Waals surface area contributed by atoms with E-state index in [2.05, 4.69) is 4.98 Å². The number of rotatable bonds is 1. The van der Waals surface area contributed by atoms with Gasteiger partial charge in [-0.05, 0) is 25.0 Å². The molecule has 2 N–H and O–H groups in total. The number of pyridine rings is 1. The van der Waals surface area contributed by atoms with Crippen LogP contribution >= 0.6 is 12.2 Å². The highest BCUT2D eigenvalue weighted by atomic mass is 32.1. The van der Waals surface area contributed by atoms with Crippen LogP contribution in [0.2, 0.25) is 0 Å². The van der Waals surface area contributed by atoms with E-state index in [4.69, 9.17) is 18.0 Å². The number of nitrogens with zero attached hydrogens (tertiary/aromatic N) is 1. The number of nitrogens with two attached hydrogens (primary N) is 1. The van der Waals surface area contributed by atoms with E-state index in [-0.39, 0.29) is 0 Å². The van der Waals surface area contributed by atoms with Gasteiger partial charge in [0.15, 0.2) is 0 Å². The summed E-state index contributed by atoms with van der Waals surface area (Å²) in [6.07, 6.45) is 3.53. The van der Waals surface area contributed by atoms with Crippen molar-refractivity contribution >= 4 is 17.2 Å². The van der Waals surface area contributed by atoms with E-state index in [0.29, 0.717) is 4.99 Å². The number of aromatic nitrogens is 1. The Kier molecular flexibility index (Phi) is 2.19. The maximum atomic E-state index is 5.52. The molecule has 0 aliphatic rings. The Morgan fingerprint density at radius 2 is 1.82 bits per heavy atom. The first-order valence-corrected chi connectivity index (χ1v) is 3.74. The third-order valence-electron chi connectivity index (χ3n) is 1.57. The fourth-order valence-electron chi connectivity index (χ4n) is 1.09. The molecule has 0 aliphatic carbocycles. The molecule has 58 valence electrons. The first kappa shape index (κ1) is 8.14. The molecular weight excluding hydrogens is 156 g/mol. The molecule has 0 spiro atoms. The lowest BCUT2D eigenvalue weighted by molar-refractivity contribution is 1.21. The first-order valence-electron chi connectivity index (χ1n) is 3.34. The highest BCUT2D eigenvalue weighted by molar-refractivity contribution is 7.80. The van der Waals surface area contributed by atoms with E-state index >= 15 is 0 Å². The minimum atomic E-state index is 0.447. The molecule has 0 amide bonds. The van der Waals surface area contributed by atoms with Gasteiger partial charge < -0.3 is 5.73 Å². The molecule has 11 heavy (non-hydrogen) atoms. The van der Waals surface area contributed by atoms with Crippen molar-refractivity contribution in [3.8, 4) is 0 Å². The van der Waals surface area contributed by atoms with Crippen LogP contribution in [0.3, 0.4) is 0 Å². The van der Waals surface area contributed by atoms with Gasteiger partial charge in [-0.15, -0.1) is 0 Å². The van der Waals surface area contributed by atoms with Gasteiger partial charge in [0.2, 0.25) is 0 Å². The highest BCUT2D eigenvalue weighted by Crippen LogP contribution is 2.10. The molecule has 0 atom stereocenters. The summed E-state index contributed by atoms with van der Waals surface area (Å²) in [4.78, 5) is 4.46. The second-order valence-electron chi connectivity index (χ2n) is 2.51. The standard InChI is InChI=1S/C8H10N2S/c1-5-3-10-4-6(2)7(5)8(9)11/h3-4H,1-2H3,(H2,9,11). The molecule has 3 heteroatoms. The number of hydrogen-bond acceptors (Lipinski definition) is 2. The molecule has 0 fully saturated rings. The van der Waals surface area contributed by atoms with E-state index in [1.54, 1.807) is 12.4 Å². The zero-order chi connectivity index (χ0) is 8.43. The maximum absolute atomic E-state index is 5.52. The van der Waals surface area contributed by atoms with Crippen molar-refractivity contribution in [1.82, 2.24) is 4.98 Å². The smallest absolute Gasteiger partial charge is 0.104 e. The van der Waals surface area contributed by atoms with E-state index in [9.17, 15) is 0 Å². The van der Waals surface area contributed by atoms with Gasteiger partial charge >= 0.3 is 0 Å². The van der Waals surface area contributed by atoms with Gasteiger partial charge in [0.1, 0.15) is 4.99 Å². The molecule has 1 aromatic rings. The third kappa shape index (κ3) is 1.54. The molecule has 1 heterocycles. The molecule has 1 aromatic heterocycles. The van der Waals surface area contributed by atoms with Gasteiger partial charge in [-0.3, -0.25) is 4.98 Å². The second kappa shape index (κ2) is 2.96. The topological polar surface area (TPSA) is 38.9 Å². The summed E-state index contributed by atoms with van der Waals surface area (Å²) in [5.41, 5.74) is 8.55. The Labute approximate surface area is 71.4 Å². The van der Waals surface area contributed by atoms with Crippen LogP contribution in [0, 0.1) is 13.8 Å². The van der Waals surface area contributed by atoms with Crippen LogP contribution in [-0.4, -0.2) is 9.97 Å². The summed E-state index contributed by atoms with van der Waals surface area (Å²) in [5.74, 6) is 0. The van der Waals surface area contributed by atoms with Crippen molar-refractivity contribution < 1.29 is 0 Å². The lowest BCUT2D eigenvalue weighted by atomic mass is 10.1. The van der Waals surface area contributed by atoms with Crippen molar-refractivity contribution in [1.29, 1.82) is 0 Å². The fraction of sp³-hybridized carbons (Fsp3) is 0.250. The van der Waals surface area contributed by atoms with Crippen LogP contribution in [0.1, 0.15) is 16.7 Å². The van der Waals surface area contributed by atoms with Crippen LogP contribution in [0.15, 0.2) is 12.4 Å². The van der Waals surface area contributed by atoms with Gasteiger partial charge in [0, 0.05) is 18.0 Å². The summed E-state index contributed by atoms with van der Waals surface area (Å²) in [6.45, 7) is 3.91. The molecule has 0 aliphatic heterocycles. The average Bonchev–Trinajstić information content (AvgIpc) is 1.85. The molecule has 0 saturated carbocycles. The van der Waals surface area contributed by atoms with Gasteiger partial charge in [0.25, 0.3) is 0 Å². The monoisotopic (exact) mass is 166 g/mol. The summed E-state index contributed by atoms with van der Waals surface area (Å²) in [6, 6.07) is 0. The van der Waals surface area contributed by atoms with Gasteiger partial charge in [0.05, 0.1) is 0 Å². The number of thiocarbonyl (C=S) groups is 1. The predicted octanol–water partition coefficient (Wildman–Crippen LogP) is 1.33. The molecule has 0 radical (unpaired) electrons. The zero-order valence-corrected chi connectivity index (χ0v) is 7.40. The number of aryl methyl sites for hydroxylation is 2. The maximum Gasteiger partial charge on any atom is 0.104 e. The molecule has 2 nitrogen and oxygen atoms in total. The molecule has 0 bridgehead atoms.